The number of carbonyl (C=O) groups is 2. The van der Waals surface area contributed by atoms with Gasteiger partial charge >= 0.3 is 0 Å². The molecule has 7 nitrogen and oxygen atoms in total. The maximum absolute atomic E-state index is 13.8. The molecule has 1 aromatic heterocycles. The van der Waals surface area contributed by atoms with Gasteiger partial charge in [-0.1, -0.05) is 13.0 Å². The molecule has 0 spiro atoms. The zero-order chi connectivity index (χ0) is 22.3. The summed E-state index contributed by atoms with van der Waals surface area (Å²) in [7, 11) is 0. The topological polar surface area (TPSA) is 97.6 Å². The number of benzene rings is 1. The van der Waals surface area contributed by atoms with E-state index in [0.29, 0.717) is 31.9 Å². The lowest BCUT2D eigenvalue weighted by molar-refractivity contribution is -0.0827. The Bertz CT molecular complexity index is 1130. The molecule has 3 heterocycles. The molecular weight excluding hydrogens is 410 g/mol. The second-order valence-corrected chi connectivity index (χ2v) is 7.94. The number of aromatic nitrogens is 1. The number of pyridine rings is 1. The van der Waals surface area contributed by atoms with Gasteiger partial charge in [0.05, 0.1) is 18.1 Å². The van der Waals surface area contributed by atoms with Gasteiger partial charge in [-0.3, -0.25) is 14.4 Å². The smallest absolute Gasteiger partial charge is 0.257 e. The lowest BCUT2D eigenvalue weighted by Gasteiger charge is -2.46. The van der Waals surface area contributed by atoms with Crippen molar-refractivity contribution in [3.05, 3.63) is 63.1 Å². The number of amides is 1. The minimum atomic E-state index is -0.974. The molecule has 164 valence electrons. The highest BCUT2D eigenvalue weighted by Gasteiger charge is 2.51. The van der Waals surface area contributed by atoms with Gasteiger partial charge in [0, 0.05) is 31.0 Å². The Balaban J connectivity index is 1.66. The molecule has 31 heavy (non-hydrogen) atoms. The molecule has 2 aromatic rings. The highest BCUT2D eigenvalue weighted by Crippen LogP contribution is 2.45. The number of Topliss-reactive ketones (excluding diaryl/α,β-unsaturated/α-hetero) is 1. The van der Waals surface area contributed by atoms with Crippen LogP contribution >= 0.6 is 0 Å². The van der Waals surface area contributed by atoms with Crippen LogP contribution in [-0.2, 0) is 17.8 Å². The van der Waals surface area contributed by atoms with Crippen LogP contribution in [0.3, 0.4) is 0 Å². The Hall–Kier alpha value is -3.07. The van der Waals surface area contributed by atoms with Crippen molar-refractivity contribution in [1.29, 1.82) is 0 Å². The van der Waals surface area contributed by atoms with Gasteiger partial charge in [0.25, 0.3) is 5.91 Å². The molecule has 1 aromatic carbocycles. The summed E-state index contributed by atoms with van der Waals surface area (Å²) < 4.78 is 34.0. The summed E-state index contributed by atoms with van der Waals surface area (Å²) in [4.78, 5) is 38.5. The van der Waals surface area contributed by atoms with Crippen molar-refractivity contribution < 1.29 is 28.2 Å². The summed E-state index contributed by atoms with van der Waals surface area (Å²) in [6.07, 6.45) is 2.63. The highest BCUT2D eigenvalue weighted by molar-refractivity contribution is 6.03. The van der Waals surface area contributed by atoms with E-state index in [4.69, 9.17) is 4.74 Å². The van der Waals surface area contributed by atoms with Gasteiger partial charge in [-0.25, -0.2) is 8.78 Å². The predicted octanol–water partition coefficient (Wildman–Crippen LogP) is 2.53. The first-order chi connectivity index (χ1) is 14.8. The largest absolute Gasteiger partial charge is 0.503 e. The Labute approximate surface area is 176 Å². The number of rotatable bonds is 4. The fourth-order valence-electron chi connectivity index (χ4n) is 4.53. The van der Waals surface area contributed by atoms with Gasteiger partial charge in [0.2, 0.25) is 5.43 Å². The second kappa shape index (κ2) is 7.88. The van der Waals surface area contributed by atoms with Crippen molar-refractivity contribution >= 4 is 11.7 Å². The Morgan fingerprint density at radius 3 is 2.84 bits per heavy atom. The summed E-state index contributed by atoms with van der Waals surface area (Å²) >= 11 is 0. The third kappa shape index (κ3) is 3.42. The van der Waals surface area contributed by atoms with Crippen molar-refractivity contribution in [1.82, 2.24) is 9.88 Å². The standard InChI is InChI=1S/C22H22F2N2O5/c1-2-22-6-3-7-31-16(22)11-26-10-14(18(27)19(28)17(26)20(22)29)21(30)25-9-12-4-5-13(23)8-15(12)24/h4-5,8,10,16,28H,2-3,6-7,9,11H2,1H3,(H,25,30). The van der Waals surface area contributed by atoms with Crippen LogP contribution in [0.25, 0.3) is 0 Å². The zero-order valence-electron chi connectivity index (χ0n) is 16.9. The van der Waals surface area contributed by atoms with Crippen molar-refractivity contribution in [3.63, 3.8) is 0 Å². The predicted molar refractivity (Wildman–Crippen MR) is 106 cm³/mol. The minimum absolute atomic E-state index is 0.0375. The number of nitrogens with zero attached hydrogens (tertiary/aromatic N) is 1. The molecule has 1 saturated heterocycles. The van der Waals surface area contributed by atoms with Crippen LogP contribution in [0.4, 0.5) is 8.78 Å². The molecule has 2 aliphatic heterocycles. The minimum Gasteiger partial charge on any atom is -0.503 e. The van der Waals surface area contributed by atoms with Crippen LogP contribution in [-0.4, -0.2) is 34.1 Å². The van der Waals surface area contributed by atoms with Crippen molar-refractivity contribution in [2.45, 2.75) is 45.4 Å². The lowest BCUT2D eigenvalue weighted by atomic mass is 9.68. The third-order valence-corrected chi connectivity index (χ3v) is 6.32. The van der Waals surface area contributed by atoms with Gasteiger partial charge in [-0.2, -0.15) is 0 Å². The van der Waals surface area contributed by atoms with E-state index in [-0.39, 0.29) is 35.7 Å². The van der Waals surface area contributed by atoms with Crippen molar-refractivity contribution in [3.8, 4) is 5.75 Å². The fraction of sp³-hybridized carbons (Fsp3) is 0.409. The van der Waals surface area contributed by atoms with E-state index in [2.05, 4.69) is 5.32 Å². The van der Waals surface area contributed by atoms with Crippen molar-refractivity contribution in [2.75, 3.05) is 6.61 Å². The molecule has 0 aliphatic carbocycles. The first kappa shape index (κ1) is 21.2. The molecule has 0 saturated carbocycles. The molecule has 1 amide bonds. The van der Waals surface area contributed by atoms with Crippen molar-refractivity contribution in [2.24, 2.45) is 5.41 Å². The van der Waals surface area contributed by atoms with E-state index >= 15 is 0 Å². The van der Waals surface area contributed by atoms with Gasteiger partial charge in [-0.05, 0) is 25.3 Å². The van der Waals surface area contributed by atoms with Crippen LogP contribution in [0, 0.1) is 17.0 Å². The summed E-state index contributed by atoms with van der Waals surface area (Å²) in [6, 6.07) is 2.93. The maximum atomic E-state index is 13.8. The molecule has 2 unspecified atom stereocenters. The SMILES string of the molecule is CCC12CCCOC1Cn1cc(C(=O)NCc3ccc(F)cc3F)c(=O)c(O)c1C2=O. The van der Waals surface area contributed by atoms with E-state index < -0.39 is 40.2 Å². The number of fused-ring (bicyclic) bond motifs is 2. The molecule has 4 rings (SSSR count). The number of hydrogen-bond donors (Lipinski definition) is 2. The molecule has 0 bridgehead atoms. The molecule has 1 fully saturated rings. The number of carbonyl (C=O) groups excluding carboxylic acids is 2. The third-order valence-electron chi connectivity index (χ3n) is 6.32. The first-order valence-electron chi connectivity index (χ1n) is 10.1. The molecule has 2 N–H and O–H groups in total. The first-order valence-corrected chi connectivity index (χ1v) is 10.1. The van der Waals surface area contributed by atoms with E-state index in [1.807, 2.05) is 6.92 Å². The van der Waals surface area contributed by atoms with E-state index in [1.54, 1.807) is 0 Å². The number of ketones is 1. The quantitative estimate of drug-likeness (QED) is 0.774. The Morgan fingerprint density at radius 1 is 1.35 bits per heavy atom. The summed E-state index contributed by atoms with van der Waals surface area (Å²) in [5, 5.41) is 12.9. The second-order valence-electron chi connectivity index (χ2n) is 7.94. The van der Waals surface area contributed by atoms with Crippen LogP contribution < -0.4 is 10.7 Å². The van der Waals surface area contributed by atoms with E-state index in [1.165, 1.54) is 16.8 Å². The molecule has 9 heteroatoms. The number of hydrogen-bond acceptors (Lipinski definition) is 5. The average molecular weight is 432 g/mol. The lowest BCUT2D eigenvalue weighted by Crippen LogP contribution is -2.53. The number of halogens is 2. The Morgan fingerprint density at radius 2 is 2.13 bits per heavy atom. The summed E-state index contributed by atoms with van der Waals surface area (Å²) in [5.74, 6) is -3.56. The zero-order valence-corrected chi connectivity index (χ0v) is 16.9. The summed E-state index contributed by atoms with van der Waals surface area (Å²) in [6.45, 7) is 2.32. The number of aromatic hydroxyl groups is 1. The molecular formula is C22H22F2N2O5. The fourth-order valence-corrected chi connectivity index (χ4v) is 4.53. The van der Waals surface area contributed by atoms with E-state index in [0.717, 1.165) is 6.07 Å². The van der Waals surface area contributed by atoms with Crippen LogP contribution in [0.5, 0.6) is 5.75 Å². The van der Waals surface area contributed by atoms with Crippen LogP contribution in [0.2, 0.25) is 0 Å². The molecule has 2 aliphatic rings. The maximum Gasteiger partial charge on any atom is 0.257 e. The average Bonchev–Trinajstić information content (AvgIpc) is 2.75. The molecule has 0 radical (unpaired) electrons. The summed E-state index contributed by atoms with van der Waals surface area (Å²) in [5.41, 5.74) is -2.23. The normalized spacial score (nSPS) is 22.5. The van der Waals surface area contributed by atoms with E-state index in [9.17, 15) is 28.3 Å². The Kier molecular flexibility index (Phi) is 5.38. The number of nitrogens with one attached hydrogen (secondary N) is 1. The van der Waals surface area contributed by atoms with Crippen LogP contribution in [0.1, 0.15) is 52.6 Å². The van der Waals surface area contributed by atoms with Gasteiger partial charge in [0.15, 0.2) is 11.5 Å². The highest BCUT2D eigenvalue weighted by atomic mass is 19.1. The monoisotopic (exact) mass is 432 g/mol. The van der Waals surface area contributed by atoms with Crippen LogP contribution in [0.15, 0.2) is 29.2 Å². The van der Waals surface area contributed by atoms with Gasteiger partial charge in [-0.15, -0.1) is 0 Å². The van der Waals surface area contributed by atoms with Gasteiger partial charge in [0.1, 0.15) is 22.9 Å². The molecule has 2 atom stereocenters. The van der Waals surface area contributed by atoms with Gasteiger partial charge < -0.3 is 19.7 Å². The number of ether oxygens (including phenoxy) is 1.